The zero-order valence-corrected chi connectivity index (χ0v) is 14.1. The van der Waals surface area contributed by atoms with Crippen LogP contribution in [-0.2, 0) is 7.05 Å². The van der Waals surface area contributed by atoms with E-state index in [0.29, 0.717) is 11.3 Å². The molecule has 0 aliphatic heterocycles. The summed E-state index contributed by atoms with van der Waals surface area (Å²) < 4.78 is 3.58. The van der Waals surface area contributed by atoms with Gasteiger partial charge in [-0.1, -0.05) is 6.07 Å². The molecule has 0 aliphatic carbocycles. The molecule has 0 fully saturated rings. The number of hydrazine groups is 1. The zero-order valence-electron chi connectivity index (χ0n) is 12.5. The van der Waals surface area contributed by atoms with E-state index in [1.54, 1.807) is 42.1 Å². The molecule has 24 heavy (non-hydrogen) atoms. The first-order valence-corrected chi connectivity index (χ1v) is 7.65. The first-order valence-electron chi connectivity index (χ1n) is 6.86. The van der Waals surface area contributed by atoms with Gasteiger partial charge in [0.05, 0.1) is 0 Å². The summed E-state index contributed by atoms with van der Waals surface area (Å²) >= 11 is 3.26. The fourth-order valence-corrected chi connectivity index (χ4v) is 2.70. The van der Waals surface area contributed by atoms with E-state index in [-0.39, 0.29) is 5.56 Å². The fraction of sp³-hybridized carbons (Fsp3) is 0.0667. The van der Waals surface area contributed by atoms with E-state index < -0.39 is 17.4 Å². The molecule has 3 aromatic rings. The van der Waals surface area contributed by atoms with E-state index in [2.05, 4.69) is 31.8 Å². The van der Waals surface area contributed by atoms with Gasteiger partial charge in [0.15, 0.2) is 0 Å². The highest BCUT2D eigenvalue weighted by Gasteiger charge is 2.16. The number of halogens is 1. The van der Waals surface area contributed by atoms with Crippen LogP contribution < -0.4 is 16.4 Å². The second-order valence-corrected chi connectivity index (χ2v) is 5.88. The van der Waals surface area contributed by atoms with Gasteiger partial charge in [0.2, 0.25) is 0 Å². The van der Waals surface area contributed by atoms with Crippen LogP contribution in [0.3, 0.4) is 0 Å². The highest BCUT2D eigenvalue weighted by molar-refractivity contribution is 9.10. The number of hydrogen-bond acceptors (Lipinski definition) is 4. The van der Waals surface area contributed by atoms with Gasteiger partial charge in [-0.3, -0.25) is 29.6 Å². The zero-order chi connectivity index (χ0) is 17.3. The molecular formula is C15H12BrN5O3. The number of nitrogens with one attached hydrogen (secondary N) is 2. The highest BCUT2D eigenvalue weighted by Crippen LogP contribution is 2.13. The third-order valence-corrected chi connectivity index (χ3v) is 3.79. The maximum absolute atomic E-state index is 12.3. The van der Waals surface area contributed by atoms with Crippen LogP contribution in [0.25, 0.3) is 5.65 Å². The van der Waals surface area contributed by atoms with Crippen molar-refractivity contribution in [3.8, 4) is 0 Å². The quantitative estimate of drug-likeness (QED) is 0.635. The number of aromatic nitrogens is 3. The first kappa shape index (κ1) is 15.9. The Kier molecular flexibility index (Phi) is 4.17. The molecule has 2 amide bonds. The summed E-state index contributed by atoms with van der Waals surface area (Å²) in [6.07, 6.45) is 4.40. The molecule has 9 heteroatoms. The molecule has 3 aromatic heterocycles. The summed E-state index contributed by atoms with van der Waals surface area (Å²) in [6, 6.07) is 6.65. The van der Waals surface area contributed by atoms with E-state index in [1.165, 1.54) is 16.8 Å². The number of nitrogens with zero attached hydrogens (tertiary/aromatic N) is 3. The first-order chi connectivity index (χ1) is 11.5. The van der Waals surface area contributed by atoms with Crippen LogP contribution in [0.5, 0.6) is 0 Å². The Morgan fingerprint density at radius 2 is 1.96 bits per heavy atom. The van der Waals surface area contributed by atoms with Gasteiger partial charge < -0.3 is 4.57 Å². The minimum atomic E-state index is -0.743. The molecule has 0 unspecified atom stereocenters. The summed E-state index contributed by atoms with van der Waals surface area (Å²) in [7, 11) is 1.70. The molecule has 0 radical (unpaired) electrons. The normalized spacial score (nSPS) is 10.6. The fourth-order valence-electron chi connectivity index (χ4n) is 2.18. The van der Waals surface area contributed by atoms with E-state index >= 15 is 0 Å². The number of aryl methyl sites for hydroxylation is 1. The van der Waals surface area contributed by atoms with Gasteiger partial charge in [0.1, 0.15) is 16.9 Å². The Labute approximate surface area is 144 Å². The van der Waals surface area contributed by atoms with Crippen LogP contribution in [-0.4, -0.2) is 25.8 Å². The molecule has 122 valence electrons. The second kappa shape index (κ2) is 6.28. The van der Waals surface area contributed by atoms with E-state index in [4.69, 9.17) is 0 Å². The van der Waals surface area contributed by atoms with Crippen molar-refractivity contribution in [2.45, 2.75) is 0 Å². The van der Waals surface area contributed by atoms with Crippen molar-refractivity contribution >= 4 is 33.4 Å². The van der Waals surface area contributed by atoms with Crippen LogP contribution in [0.4, 0.5) is 0 Å². The minimum absolute atomic E-state index is 0.174. The Morgan fingerprint density at radius 1 is 1.21 bits per heavy atom. The Hall–Kier alpha value is -2.94. The van der Waals surface area contributed by atoms with Crippen molar-refractivity contribution in [2.24, 2.45) is 7.05 Å². The summed E-state index contributed by atoms with van der Waals surface area (Å²) in [6.45, 7) is 0. The smallest absolute Gasteiger partial charge is 0.286 e. The standard InChI is InChI=1S/C15H12BrN5O3/c1-20-8-9(16)6-11(20)14(23)19-18-13(22)10-7-17-12-4-2-3-5-21(12)15(10)24/h2-8H,1H3,(H,18,22)(H,19,23). The maximum atomic E-state index is 12.3. The van der Waals surface area contributed by atoms with Crippen molar-refractivity contribution in [3.63, 3.8) is 0 Å². The average Bonchev–Trinajstić information content (AvgIpc) is 2.91. The summed E-state index contributed by atoms with van der Waals surface area (Å²) in [5.41, 5.74) is 4.57. The topological polar surface area (TPSA) is 97.5 Å². The Balaban J connectivity index is 1.78. The lowest BCUT2D eigenvalue weighted by Crippen LogP contribution is -2.44. The Morgan fingerprint density at radius 3 is 2.67 bits per heavy atom. The molecule has 0 spiro atoms. The van der Waals surface area contributed by atoms with Gasteiger partial charge in [0.25, 0.3) is 17.4 Å². The third-order valence-electron chi connectivity index (χ3n) is 3.35. The third kappa shape index (κ3) is 2.93. The number of fused-ring (bicyclic) bond motifs is 1. The molecular weight excluding hydrogens is 378 g/mol. The SMILES string of the molecule is Cn1cc(Br)cc1C(=O)NNC(=O)c1cnc2ccccn2c1=O. The second-order valence-electron chi connectivity index (χ2n) is 4.97. The van der Waals surface area contributed by atoms with Gasteiger partial charge in [0, 0.05) is 30.1 Å². The molecule has 3 heterocycles. The van der Waals surface area contributed by atoms with Crippen molar-refractivity contribution in [1.82, 2.24) is 24.8 Å². The number of pyridine rings is 1. The van der Waals surface area contributed by atoms with E-state index in [9.17, 15) is 14.4 Å². The molecule has 0 atom stereocenters. The van der Waals surface area contributed by atoms with Crippen molar-refractivity contribution in [2.75, 3.05) is 0 Å². The molecule has 0 saturated carbocycles. The summed E-state index contributed by atoms with van der Waals surface area (Å²) in [5, 5.41) is 0. The molecule has 0 aromatic carbocycles. The molecule has 2 N–H and O–H groups in total. The lowest BCUT2D eigenvalue weighted by atomic mass is 10.3. The minimum Gasteiger partial charge on any atom is -0.345 e. The Bertz CT molecular complexity index is 1010. The van der Waals surface area contributed by atoms with Gasteiger partial charge >= 0.3 is 0 Å². The largest absolute Gasteiger partial charge is 0.345 e. The van der Waals surface area contributed by atoms with Crippen LogP contribution in [0.1, 0.15) is 20.8 Å². The van der Waals surface area contributed by atoms with E-state index in [1.807, 2.05) is 0 Å². The summed E-state index contributed by atoms with van der Waals surface area (Å²) in [5.74, 6) is -1.25. The van der Waals surface area contributed by atoms with Gasteiger partial charge in [-0.05, 0) is 34.1 Å². The molecule has 0 aliphatic rings. The maximum Gasteiger partial charge on any atom is 0.286 e. The number of carbonyl (C=O) groups is 2. The predicted molar refractivity (Wildman–Crippen MR) is 89.5 cm³/mol. The van der Waals surface area contributed by atoms with Crippen molar-refractivity contribution < 1.29 is 9.59 Å². The van der Waals surface area contributed by atoms with Crippen LogP contribution in [0.2, 0.25) is 0 Å². The van der Waals surface area contributed by atoms with Gasteiger partial charge in [-0.25, -0.2) is 4.98 Å². The average molecular weight is 390 g/mol. The summed E-state index contributed by atoms with van der Waals surface area (Å²) in [4.78, 5) is 40.5. The van der Waals surface area contributed by atoms with Crippen LogP contribution in [0, 0.1) is 0 Å². The van der Waals surface area contributed by atoms with E-state index in [0.717, 1.165) is 4.47 Å². The van der Waals surface area contributed by atoms with Crippen LogP contribution in [0.15, 0.2) is 52.1 Å². The molecule has 0 saturated heterocycles. The van der Waals surface area contributed by atoms with Crippen molar-refractivity contribution in [1.29, 1.82) is 0 Å². The molecule has 8 nitrogen and oxygen atoms in total. The van der Waals surface area contributed by atoms with Crippen LogP contribution >= 0.6 is 15.9 Å². The van der Waals surface area contributed by atoms with Crippen molar-refractivity contribution in [3.05, 3.63) is 68.9 Å². The number of carbonyl (C=O) groups excluding carboxylic acids is 2. The molecule has 3 rings (SSSR count). The number of amides is 2. The highest BCUT2D eigenvalue weighted by atomic mass is 79.9. The van der Waals surface area contributed by atoms with Gasteiger partial charge in [-0.15, -0.1) is 0 Å². The number of hydrogen-bond donors (Lipinski definition) is 2. The molecule has 0 bridgehead atoms. The monoisotopic (exact) mass is 389 g/mol. The predicted octanol–water partition coefficient (Wildman–Crippen LogP) is 0.870. The van der Waals surface area contributed by atoms with Gasteiger partial charge in [-0.2, -0.15) is 0 Å². The lowest BCUT2D eigenvalue weighted by molar-refractivity contribution is 0.0841. The lowest BCUT2D eigenvalue weighted by Gasteiger charge is -2.08. The number of rotatable bonds is 2.